The lowest BCUT2D eigenvalue weighted by Gasteiger charge is -2.17. The molecule has 0 aliphatic carbocycles. The van der Waals surface area contributed by atoms with Crippen LogP contribution in [0.15, 0.2) is 45.9 Å². The zero-order valence-corrected chi connectivity index (χ0v) is 14.1. The van der Waals surface area contributed by atoms with E-state index in [2.05, 4.69) is 10.4 Å². The minimum absolute atomic E-state index is 0.0142. The zero-order chi connectivity index (χ0) is 18.9. The van der Waals surface area contributed by atoms with Gasteiger partial charge in [0.15, 0.2) is 0 Å². The topological polar surface area (TPSA) is 118 Å². The molecule has 3 amide bonds. The number of carbonyl (C=O) groups excluding carboxylic acids is 2. The number of urea groups is 1. The molecule has 2 aromatic rings. The number of nitro benzene ring substituents is 1. The first-order chi connectivity index (χ1) is 12.3. The van der Waals surface area contributed by atoms with E-state index in [1.165, 1.54) is 18.3 Å². The molecule has 0 radical (unpaired) electrons. The quantitative estimate of drug-likeness (QED) is 0.382. The van der Waals surface area contributed by atoms with Crippen molar-refractivity contribution in [3.8, 4) is 11.3 Å². The Morgan fingerprint density at radius 2 is 1.96 bits per heavy atom. The number of non-ortho nitro benzene ring substituents is 1. The monoisotopic (exact) mass is 356 g/mol. The highest BCUT2D eigenvalue weighted by Gasteiger charge is 2.46. The zero-order valence-electron chi connectivity index (χ0n) is 14.1. The molecular formula is C17H16N4O5. The van der Waals surface area contributed by atoms with Crippen molar-refractivity contribution in [2.24, 2.45) is 5.10 Å². The predicted octanol–water partition coefficient (Wildman–Crippen LogP) is 2.91. The fourth-order valence-corrected chi connectivity index (χ4v) is 2.45. The van der Waals surface area contributed by atoms with E-state index in [1.807, 2.05) is 0 Å². The molecule has 9 nitrogen and oxygen atoms in total. The number of benzene rings is 1. The average Bonchev–Trinajstić information content (AvgIpc) is 3.18. The smallest absolute Gasteiger partial charge is 0.346 e. The van der Waals surface area contributed by atoms with Gasteiger partial charge >= 0.3 is 6.03 Å². The maximum Gasteiger partial charge on any atom is 0.346 e. The van der Waals surface area contributed by atoms with Crippen molar-refractivity contribution < 1.29 is 18.9 Å². The van der Waals surface area contributed by atoms with Crippen molar-refractivity contribution in [2.75, 3.05) is 0 Å². The summed E-state index contributed by atoms with van der Waals surface area (Å²) in [5.41, 5.74) is -0.315. The summed E-state index contributed by atoms with van der Waals surface area (Å²) in [5, 5.41) is 18.0. The van der Waals surface area contributed by atoms with Crippen molar-refractivity contribution in [3.63, 3.8) is 0 Å². The number of nitrogens with one attached hydrogen (secondary N) is 1. The number of hydrazone groups is 1. The summed E-state index contributed by atoms with van der Waals surface area (Å²) in [6.07, 6.45) is 1.72. The number of carbonyl (C=O) groups is 2. The van der Waals surface area contributed by atoms with E-state index < -0.39 is 22.4 Å². The van der Waals surface area contributed by atoms with Crippen LogP contribution in [-0.2, 0) is 4.79 Å². The summed E-state index contributed by atoms with van der Waals surface area (Å²) >= 11 is 0. The summed E-state index contributed by atoms with van der Waals surface area (Å²) in [4.78, 5) is 34.3. The third-order valence-corrected chi connectivity index (χ3v) is 4.24. The first-order valence-electron chi connectivity index (χ1n) is 7.89. The van der Waals surface area contributed by atoms with Gasteiger partial charge in [-0.05, 0) is 37.6 Å². The first-order valence-corrected chi connectivity index (χ1v) is 7.89. The molecule has 1 fully saturated rings. The van der Waals surface area contributed by atoms with Gasteiger partial charge in [0.1, 0.15) is 17.1 Å². The van der Waals surface area contributed by atoms with Crippen molar-refractivity contribution in [1.29, 1.82) is 0 Å². The molecule has 0 unspecified atom stereocenters. The Hall–Kier alpha value is -3.49. The van der Waals surface area contributed by atoms with Crippen molar-refractivity contribution >= 4 is 23.8 Å². The third kappa shape index (κ3) is 3.06. The highest BCUT2D eigenvalue weighted by atomic mass is 16.6. The number of nitrogens with zero attached hydrogens (tertiary/aromatic N) is 3. The van der Waals surface area contributed by atoms with Crippen molar-refractivity contribution in [1.82, 2.24) is 10.3 Å². The summed E-state index contributed by atoms with van der Waals surface area (Å²) in [7, 11) is 0. The second kappa shape index (κ2) is 6.43. The molecule has 1 aromatic heterocycles. The summed E-state index contributed by atoms with van der Waals surface area (Å²) < 4.78 is 5.59. The average molecular weight is 356 g/mol. The number of amides is 3. The Morgan fingerprint density at radius 3 is 2.54 bits per heavy atom. The largest absolute Gasteiger partial charge is 0.455 e. The minimum Gasteiger partial charge on any atom is -0.455 e. The van der Waals surface area contributed by atoms with Gasteiger partial charge in [0.25, 0.3) is 11.6 Å². The van der Waals surface area contributed by atoms with Crippen LogP contribution in [0.5, 0.6) is 0 Å². The van der Waals surface area contributed by atoms with E-state index in [0.29, 0.717) is 23.5 Å². The second-order valence-electron chi connectivity index (χ2n) is 5.98. The first kappa shape index (κ1) is 17.3. The Bertz CT molecular complexity index is 902. The summed E-state index contributed by atoms with van der Waals surface area (Å²) in [5.74, 6) is 0.393. The number of imide groups is 1. The van der Waals surface area contributed by atoms with Crippen LogP contribution >= 0.6 is 0 Å². The highest BCUT2D eigenvalue weighted by molar-refractivity contribution is 6.07. The molecule has 0 spiro atoms. The maximum absolute atomic E-state index is 12.2. The molecule has 1 saturated heterocycles. The molecule has 26 heavy (non-hydrogen) atoms. The van der Waals surface area contributed by atoms with Crippen molar-refractivity contribution in [2.45, 2.75) is 25.8 Å². The number of hydrogen-bond donors (Lipinski definition) is 1. The van der Waals surface area contributed by atoms with E-state index in [9.17, 15) is 19.7 Å². The lowest BCUT2D eigenvalue weighted by Crippen LogP contribution is -2.42. The third-order valence-electron chi connectivity index (χ3n) is 4.24. The number of rotatable bonds is 5. The van der Waals surface area contributed by atoms with Crippen LogP contribution in [0.3, 0.4) is 0 Å². The lowest BCUT2D eigenvalue weighted by molar-refractivity contribution is -0.384. The molecule has 1 aliphatic heterocycles. The predicted molar refractivity (Wildman–Crippen MR) is 92.5 cm³/mol. The van der Waals surface area contributed by atoms with E-state index >= 15 is 0 Å². The van der Waals surface area contributed by atoms with Crippen LogP contribution in [0.1, 0.15) is 26.0 Å². The molecule has 1 aliphatic rings. The Kier molecular flexibility index (Phi) is 4.29. The molecule has 1 aromatic carbocycles. The van der Waals surface area contributed by atoms with Gasteiger partial charge in [0, 0.05) is 17.7 Å². The van der Waals surface area contributed by atoms with Crippen LogP contribution in [0, 0.1) is 10.1 Å². The van der Waals surface area contributed by atoms with E-state index in [-0.39, 0.29) is 5.69 Å². The summed E-state index contributed by atoms with van der Waals surface area (Å²) in [6.45, 7) is 3.44. The van der Waals surface area contributed by atoms with Gasteiger partial charge in [0.2, 0.25) is 0 Å². The number of nitro groups is 1. The van der Waals surface area contributed by atoms with Gasteiger partial charge in [-0.15, -0.1) is 5.01 Å². The van der Waals surface area contributed by atoms with Gasteiger partial charge in [-0.2, -0.15) is 5.10 Å². The molecule has 0 saturated carbocycles. The SMILES string of the molecule is CC[C@@]1(C)NC(=O)N(/N=C\c2ccc(-c3ccc([N+](=O)[O-])cc3)o2)C1=O. The standard InChI is InChI=1S/C17H16N4O5/c1-3-17(2)15(22)20(16(23)19-17)18-10-13-8-9-14(26-13)11-4-6-12(7-5-11)21(24)25/h4-10H,3H2,1-2H3,(H,19,23)/b18-10-/t17-/m1/s1. The van der Waals surface area contributed by atoms with Gasteiger partial charge in [-0.3, -0.25) is 14.9 Å². The number of furan rings is 1. The van der Waals surface area contributed by atoms with Crippen LogP contribution in [0.25, 0.3) is 11.3 Å². The fourth-order valence-electron chi connectivity index (χ4n) is 2.45. The minimum atomic E-state index is -0.957. The molecule has 1 N–H and O–H groups in total. The molecule has 1 atom stereocenters. The van der Waals surface area contributed by atoms with Gasteiger partial charge in [-0.25, -0.2) is 4.79 Å². The molecule has 9 heteroatoms. The molecule has 0 bridgehead atoms. The van der Waals surface area contributed by atoms with Crippen LogP contribution in [0.2, 0.25) is 0 Å². The Balaban J connectivity index is 1.76. The molecular weight excluding hydrogens is 340 g/mol. The fraction of sp³-hybridized carbons (Fsp3) is 0.235. The van der Waals surface area contributed by atoms with Gasteiger partial charge < -0.3 is 9.73 Å². The maximum atomic E-state index is 12.2. The lowest BCUT2D eigenvalue weighted by atomic mass is 10.00. The Labute approximate surface area is 148 Å². The van der Waals surface area contributed by atoms with E-state index in [1.54, 1.807) is 38.1 Å². The highest BCUT2D eigenvalue weighted by Crippen LogP contribution is 2.25. The van der Waals surface area contributed by atoms with Gasteiger partial charge in [0.05, 0.1) is 11.1 Å². The van der Waals surface area contributed by atoms with Crippen LogP contribution in [0.4, 0.5) is 10.5 Å². The molecule has 134 valence electrons. The van der Waals surface area contributed by atoms with E-state index in [4.69, 9.17) is 4.42 Å². The normalized spacial score (nSPS) is 20.0. The van der Waals surface area contributed by atoms with Gasteiger partial charge in [-0.1, -0.05) is 6.92 Å². The Morgan fingerprint density at radius 1 is 1.27 bits per heavy atom. The van der Waals surface area contributed by atoms with E-state index in [0.717, 1.165) is 5.01 Å². The molecule has 2 heterocycles. The van der Waals surface area contributed by atoms with Crippen molar-refractivity contribution in [3.05, 3.63) is 52.3 Å². The summed E-state index contributed by atoms with van der Waals surface area (Å²) in [6, 6.07) is 8.61. The second-order valence-corrected chi connectivity index (χ2v) is 5.98. The molecule has 3 rings (SSSR count). The number of hydrogen-bond acceptors (Lipinski definition) is 6. The van der Waals surface area contributed by atoms with Crippen LogP contribution < -0.4 is 5.32 Å². The van der Waals surface area contributed by atoms with Crippen LogP contribution in [-0.4, -0.2) is 33.6 Å².